The second-order valence-electron chi connectivity index (χ2n) is 4.66. The highest BCUT2D eigenvalue weighted by Gasteiger charge is 2.10. The first-order valence-corrected chi connectivity index (χ1v) is 7.71. The Hall–Kier alpha value is -1.46. The summed E-state index contributed by atoms with van der Waals surface area (Å²) in [7, 11) is 0. The molecule has 0 amide bonds. The van der Waals surface area contributed by atoms with E-state index in [0.717, 1.165) is 28.7 Å². The van der Waals surface area contributed by atoms with Gasteiger partial charge < -0.3 is 10.1 Å². The van der Waals surface area contributed by atoms with E-state index in [1.807, 2.05) is 18.2 Å². The summed E-state index contributed by atoms with van der Waals surface area (Å²) in [5.74, 6) is -0.0475. The molecule has 0 aliphatic carbocycles. The number of benzene rings is 1. The van der Waals surface area contributed by atoms with Crippen LogP contribution in [0, 0.1) is 5.82 Å². The molecule has 5 heteroatoms. The highest BCUT2D eigenvalue weighted by Crippen LogP contribution is 2.23. The van der Waals surface area contributed by atoms with Gasteiger partial charge in [0.1, 0.15) is 6.61 Å². The van der Waals surface area contributed by atoms with Crippen molar-refractivity contribution < 1.29 is 9.13 Å². The van der Waals surface area contributed by atoms with Crippen molar-refractivity contribution in [2.45, 2.75) is 26.5 Å². The largest absolute Gasteiger partial charge is 0.484 e. The number of ether oxygens (including phenoxy) is 1. The molecule has 0 saturated carbocycles. The number of hydrogen-bond donors (Lipinski definition) is 1. The number of nitrogens with zero attached hydrogens (tertiary/aromatic N) is 1. The first-order chi connectivity index (χ1) is 10.2. The molecular formula is C16H18BrFN2O. The highest BCUT2D eigenvalue weighted by atomic mass is 79.9. The van der Waals surface area contributed by atoms with Crippen LogP contribution in [0.2, 0.25) is 0 Å². The Morgan fingerprint density at radius 3 is 2.86 bits per heavy atom. The number of nitrogens with one attached hydrogen (secondary N) is 1. The lowest BCUT2D eigenvalue weighted by Crippen LogP contribution is -2.15. The molecule has 1 heterocycles. The Balaban J connectivity index is 2.05. The molecule has 1 aromatic heterocycles. The molecule has 0 aliphatic rings. The molecule has 21 heavy (non-hydrogen) atoms. The van der Waals surface area contributed by atoms with E-state index >= 15 is 0 Å². The van der Waals surface area contributed by atoms with Crippen LogP contribution in [0.1, 0.15) is 24.6 Å². The average Bonchev–Trinajstić information content (AvgIpc) is 2.48. The van der Waals surface area contributed by atoms with Crippen LogP contribution in [-0.4, -0.2) is 11.5 Å². The van der Waals surface area contributed by atoms with Crippen LogP contribution >= 0.6 is 15.9 Å². The van der Waals surface area contributed by atoms with Gasteiger partial charge in [0.15, 0.2) is 11.6 Å². The summed E-state index contributed by atoms with van der Waals surface area (Å²) in [6.07, 6.45) is 2.73. The van der Waals surface area contributed by atoms with E-state index in [9.17, 15) is 4.39 Å². The maximum Gasteiger partial charge on any atom is 0.165 e. The van der Waals surface area contributed by atoms with Gasteiger partial charge in [0, 0.05) is 22.8 Å². The molecule has 2 rings (SSSR count). The van der Waals surface area contributed by atoms with Crippen LogP contribution in [0.3, 0.4) is 0 Å². The van der Waals surface area contributed by atoms with E-state index < -0.39 is 0 Å². The number of rotatable bonds is 7. The van der Waals surface area contributed by atoms with Gasteiger partial charge in [0.05, 0.1) is 5.69 Å². The number of para-hydroxylation sites is 1. The number of hydrogen-bond acceptors (Lipinski definition) is 3. The van der Waals surface area contributed by atoms with Crippen molar-refractivity contribution in [2.75, 3.05) is 6.54 Å². The first-order valence-electron chi connectivity index (χ1n) is 6.92. The molecule has 0 saturated heterocycles. The van der Waals surface area contributed by atoms with Gasteiger partial charge in [-0.05, 0) is 47.1 Å². The summed E-state index contributed by atoms with van der Waals surface area (Å²) in [6.45, 7) is 3.82. The van der Waals surface area contributed by atoms with Crippen molar-refractivity contribution in [3.63, 3.8) is 0 Å². The molecular weight excluding hydrogens is 335 g/mol. The summed E-state index contributed by atoms with van der Waals surface area (Å²) in [4.78, 5) is 4.22. The van der Waals surface area contributed by atoms with E-state index in [1.165, 1.54) is 6.07 Å². The zero-order valence-corrected chi connectivity index (χ0v) is 13.5. The lowest BCUT2D eigenvalue weighted by Gasteiger charge is -2.12. The van der Waals surface area contributed by atoms with Crippen molar-refractivity contribution in [3.8, 4) is 5.75 Å². The van der Waals surface area contributed by atoms with Gasteiger partial charge >= 0.3 is 0 Å². The minimum absolute atomic E-state index is 0.245. The van der Waals surface area contributed by atoms with Crippen LogP contribution < -0.4 is 10.1 Å². The topological polar surface area (TPSA) is 34.1 Å². The van der Waals surface area contributed by atoms with Crippen LogP contribution in [0.5, 0.6) is 5.75 Å². The van der Waals surface area contributed by atoms with Gasteiger partial charge in [-0.2, -0.15) is 0 Å². The molecule has 0 aliphatic heterocycles. The maximum atomic E-state index is 13.9. The van der Waals surface area contributed by atoms with Gasteiger partial charge in [-0.15, -0.1) is 0 Å². The Bertz CT molecular complexity index is 575. The van der Waals surface area contributed by atoms with Crippen LogP contribution in [0.4, 0.5) is 4.39 Å². The van der Waals surface area contributed by atoms with E-state index in [0.29, 0.717) is 12.3 Å². The average molecular weight is 353 g/mol. The van der Waals surface area contributed by atoms with E-state index in [1.54, 1.807) is 12.3 Å². The number of halogens is 2. The van der Waals surface area contributed by atoms with E-state index in [4.69, 9.17) is 4.74 Å². The Morgan fingerprint density at radius 1 is 1.29 bits per heavy atom. The molecule has 112 valence electrons. The fourth-order valence-electron chi connectivity index (χ4n) is 1.89. The van der Waals surface area contributed by atoms with Gasteiger partial charge in [-0.3, -0.25) is 4.98 Å². The fourth-order valence-corrected chi connectivity index (χ4v) is 2.13. The van der Waals surface area contributed by atoms with Gasteiger partial charge in [0.2, 0.25) is 0 Å². The smallest absolute Gasteiger partial charge is 0.165 e. The van der Waals surface area contributed by atoms with Crippen molar-refractivity contribution >= 4 is 15.9 Å². The lowest BCUT2D eigenvalue weighted by atomic mass is 10.2. The molecule has 1 N–H and O–H groups in total. The molecule has 0 unspecified atom stereocenters. The second kappa shape index (κ2) is 8.10. The van der Waals surface area contributed by atoms with Crippen molar-refractivity contribution in [1.82, 2.24) is 10.3 Å². The van der Waals surface area contributed by atoms with Crippen molar-refractivity contribution in [2.24, 2.45) is 0 Å². The SMILES string of the molecule is CCCNCc1cccc(F)c1OCc1ccc(Br)cn1. The Morgan fingerprint density at radius 2 is 2.14 bits per heavy atom. The van der Waals surface area contributed by atoms with Crippen LogP contribution in [0.25, 0.3) is 0 Å². The third-order valence-electron chi connectivity index (χ3n) is 2.94. The quantitative estimate of drug-likeness (QED) is 0.763. The zero-order valence-electron chi connectivity index (χ0n) is 11.9. The normalized spacial score (nSPS) is 10.6. The third kappa shape index (κ3) is 4.79. The molecule has 0 radical (unpaired) electrons. The first kappa shape index (κ1) is 15.9. The molecule has 0 atom stereocenters. The van der Waals surface area contributed by atoms with E-state index in [-0.39, 0.29) is 12.4 Å². The summed E-state index contributed by atoms with van der Waals surface area (Å²) < 4.78 is 20.5. The predicted octanol–water partition coefficient (Wildman–Crippen LogP) is 4.06. The monoisotopic (exact) mass is 352 g/mol. The van der Waals surface area contributed by atoms with E-state index in [2.05, 4.69) is 33.2 Å². The summed E-state index contributed by atoms with van der Waals surface area (Å²) in [6, 6.07) is 8.71. The zero-order chi connectivity index (χ0) is 15.1. The minimum Gasteiger partial charge on any atom is -0.484 e. The highest BCUT2D eigenvalue weighted by molar-refractivity contribution is 9.10. The van der Waals surface area contributed by atoms with Gasteiger partial charge in [-0.1, -0.05) is 19.1 Å². The Labute approximate surface area is 132 Å². The minimum atomic E-state index is -0.345. The summed E-state index contributed by atoms with van der Waals surface area (Å²) >= 11 is 3.33. The van der Waals surface area contributed by atoms with Gasteiger partial charge in [-0.25, -0.2) is 4.39 Å². The molecule has 1 aromatic carbocycles. The van der Waals surface area contributed by atoms with Gasteiger partial charge in [0.25, 0.3) is 0 Å². The molecule has 0 bridgehead atoms. The fraction of sp³-hybridized carbons (Fsp3) is 0.312. The maximum absolute atomic E-state index is 13.9. The summed E-state index contributed by atoms with van der Waals surface area (Å²) in [5.41, 5.74) is 1.58. The van der Waals surface area contributed by atoms with Crippen LogP contribution in [0.15, 0.2) is 41.0 Å². The molecule has 3 nitrogen and oxygen atoms in total. The second-order valence-corrected chi connectivity index (χ2v) is 5.58. The van der Waals surface area contributed by atoms with Crippen LogP contribution in [-0.2, 0) is 13.2 Å². The predicted molar refractivity (Wildman–Crippen MR) is 84.7 cm³/mol. The number of pyridine rings is 1. The Kier molecular flexibility index (Phi) is 6.14. The molecule has 0 spiro atoms. The summed E-state index contributed by atoms with van der Waals surface area (Å²) in [5, 5.41) is 3.26. The lowest BCUT2D eigenvalue weighted by molar-refractivity contribution is 0.282. The molecule has 2 aromatic rings. The standard InChI is InChI=1S/C16H18BrFN2O/c1-2-8-19-9-12-4-3-5-15(18)16(12)21-11-14-7-6-13(17)10-20-14/h3-7,10,19H,2,8-9,11H2,1H3. The third-order valence-corrected chi connectivity index (χ3v) is 3.41. The van der Waals surface area contributed by atoms with Crippen molar-refractivity contribution in [3.05, 3.63) is 58.1 Å². The number of aromatic nitrogens is 1. The van der Waals surface area contributed by atoms with Crippen molar-refractivity contribution in [1.29, 1.82) is 0 Å². The molecule has 0 fully saturated rings.